The number of H-pyrrole nitrogens is 1. The van der Waals surface area contributed by atoms with Crippen molar-refractivity contribution < 1.29 is 9.88 Å². The lowest BCUT2D eigenvalue weighted by molar-refractivity contribution is -0.858. The number of fused-ring (bicyclic) bond motifs is 2. The molecule has 1 aliphatic carbocycles. The molecule has 1 aromatic carbocycles. The molecule has 0 aliphatic heterocycles. The molecule has 1 heterocycles. The van der Waals surface area contributed by atoms with E-state index in [4.69, 9.17) is 0 Å². The molecular formula is C18H26N2S+2. The van der Waals surface area contributed by atoms with Crippen molar-refractivity contribution >= 4 is 22.7 Å². The predicted molar refractivity (Wildman–Crippen MR) is 90.2 cm³/mol. The molecule has 2 nitrogen and oxygen atoms in total. The van der Waals surface area contributed by atoms with Gasteiger partial charge in [0.25, 0.3) is 0 Å². The summed E-state index contributed by atoms with van der Waals surface area (Å²) in [6.07, 6.45) is 6.42. The molecule has 0 radical (unpaired) electrons. The van der Waals surface area contributed by atoms with Gasteiger partial charge < -0.3 is 4.90 Å². The second kappa shape index (κ2) is 6.80. The fourth-order valence-electron chi connectivity index (χ4n) is 3.17. The van der Waals surface area contributed by atoms with E-state index < -0.39 is 0 Å². The fourth-order valence-corrected chi connectivity index (χ4v) is 4.40. The zero-order chi connectivity index (χ0) is 14.7. The van der Waals surface area contributed by atoms with Crippen LogP contribution >= 0.6 is 11.8 Å². The normalized spacial score (nSPS) is 14.6. The summed E-state index contributed by atoms with van der Waals surface area (Å²) < 4.78 is 0. The van der Waals surface area contributed by atoms with Crippen molar-refractivity contribution in [3.8, 4) is 0 Å². The van der Waals surface area contributed by atoms with E-state index in [1.807, 2.05) is 0 Å². The molecule has 2 N–H and O–H groups in total. The van der Waals surface area contributed by atoms with Crippen LogP contribution in [0.5, 0.6) is 0 Å². The average molecular weight is 302 g/mol. The van der Waals surface area contributed by atoms with Crippen molar-refractivity contribution in [2.75, 3.05) is 26.4 Å². The van der Waals surface area contributed by atoms with Gasteiger partial charge in [0.1, 0.15) is 0 Å². The van der Waals surface area contributed by atoms with Crippen molar-refractivity contribution in [2.24, 2.45) is 0 Å². The Balaban J connectivity index is 1.90. The first kappa shape index (κ1) is 14.9. The smallest absolute Gasteiger partial charge is 0.212 e. The third kappa shape index (κ3) is 3.41. The number of hydrogen-bond donors (Lipinski definition) is 1. The molecule has 1 aliphatic rings. The number of aryl methyl sites for hydroxylation is 1. The van der Waals surface area contributed by atoms with Crippen LogP contribution in [-0.2, 0) is 12.8 Å². The molecule has 3 rings (SSSR count). The molecule has 0 amide bonds. The maximum atomic E-state index is 3.68. The third-order valence-corrected chi connectivity index (χ3v) is 5.51. The number of quaternary nitrogens is 1. The van der Waals surface area contributed by atoms with Crippen molar-refractivity contribution in [2.45, 2.75) is 37.0 Å². The summed E-state index contributed by atoms with van der Waals surface area (Å²) in [5, 5.41) is 1.42. The molecule has 1 aromatic heterocycles. The summed E-state index contributed by atoms with van der Waals surface area (Å²) in [5.74, 6) is 1.23. The molecule has 0 spiro atoms. The van der Waals surface area contributed by atoms with Gasteiger partial charge in [0, 0.05) is 35.1 Å². The number of thioether (sulfide) groups is 1. The van der Waals surface area contributed by atoms with Crippen LogP contribution < -0.4 is 9.88 Å². The van der Waals surface area contributed by atoms with Gasteiger partial charge in [-0.3, -0.25) is 0 Å². The lowest BCUT2D eigenvalue weighted by Crippen LogP contribution is -3.05. The largest absolute Gasteiger partial charge is 0.340 e. The number of rotatable bonds is 5. The van der Waals surface area contributed by atoms with E-state index >= 15 is 0 Å². The van der Waals surface area contributed by atoms with E-state index in [0.29, 0.717) is 0 Å². The second-order valence-electron chi connectivity index (χ2n) is 6.32. The highest BCUT2D eigenvalue weighted by atomic mass is 32.2. The number of hydrogen-bond acceptors (Lipinski definition) is 1. The van der Waals surface area contributed by atoms with E-state index in [2.05, 4.69) is 55.1 Å². The van der Waals surface area contributed by atoms with Crippen LogP contribution in [0.15, 0.2) is 29.2 Å². The van der Waals surface area contributed by atoms with Crippen LogP contribution in [-0.4, -0.2) is 26.4 Å². The van der Waals surface area contributed by atoms with Crippen LogP contribution in [0.2, 0.25) is 0 Å². The highest BCUT2D eigenvalue weighted by Gasteiger charge is 2.22. The van der Waals surface area contributed by atoms with Crippen molar-refractivity contribution in [1.29, 1.82) is 0 Å². The number of para-hydroxylation sites is 1. The highest BCUT2D eigenvalue weighted by molar-refractivity contribution is 7.99. The van der Waals surface area contributed by atoms with Gasteiger partial charge in [0.05, 0.1) is 26.0 Å². The van der Waals surface area contributed by atoms with Gasteiger partial charge in [-0.25, -0.2) is 4.98 Å². The van der Waals surface area contributed by atoms with Crippen LogP contribution in [0.1, 0.15) is 30.5 Å². The lowest BCUT2D eigenvalue weighted by Gasteiger charge is -2.16. The van der Waals surface area contributed by atoms with E-state index in [1.54, 1.807) is 15.4 Å². The SMILES string of the molecule is C[NH+](C)CCCSc1c2c([nH+]c3ccccc13)CCCC2. The maximum absolute atomic E-state index is 3.68. The van der Waals surface area contributed by atoms with Gasteiger partial charge in [-0.2, -0.15) is 0 Å². The van der Waals surface area contributed by atoms with E-state index in [9.17, 15) is 0 Å². The Bertz CT molecular complexity index is 622. The van der Waals surface area contributed by atoms with Crippen LogP contribution in [0, 0.1) is 0 Å². The van der Waals surface area contributed by atoms with Gasteiger partial charge in [0.15, 0.2) is 5.69 Å². The number of benzene rings is 1. The minimum absolute atomic E-state index is 1.22. The first-order valence-corrected chi connectivity index (χ1v) is 9.12. The Morgan fingerprint density at radius 3 is 2.81 bits per heavy atom. The van der Waals surface area contributed by atoms with Crippen LogP contribution in [0.3, 0.4) is 0 Å². The summed E-state index contributed by atoms with van der Waals surface area (Å²) >= 11 is 2.07. The first-order chi connectivity index (χ1) is 10.3. The first-order valence-electron chi connectivity index (χ1n) is 8.13. The topological polar surface area (TPSA) is 18.6 Å². The van der Waals surface area contributed by atoms with Crippen molar-refractivity contribution in [3.05, 3.63) is 35.5 Å². The van der Waals surface area contributed by atoms with Crippen molar-refractivity contribution in [3.63, 3.8) is 0 Å². The quantitative estimate of drug-likeness (QED) is 0.662. The molecule has 0 unspecified atom stereocenters. The minimum atomic E-state index is 1.22. The number of pyridine rings is 1. The molecule has 2 aromatic rings. The van der Waals surface area contributed by atoms with E-state index in [-0.39, 0.29) is 0 Å². The van der Waals surface area contributed by atoms with Crippen LogP contribution in [0.25, 0.3) is 10.9 Å². The number of nitrogens with one attached hydrogen (secondary N) is 2. The Hall–Kier alpha value is -1.06. The molecule has 0 saturated heterocycles. The van der Waals surface area contributed by atoms with Crippen LogP contribution in [0.4, 0.5) is 0 Å². The van der Waals surface area contributed by atoms with Gasteiger partial charge in [-0.1, -0.05) is 12.1 Å². The molecule has 0 fully saturated rings. The molecule has 3 heteroatoms. The third-order valence-electron chi connectivity index (χ3n) is 4.27. The summed E-state index contributed by atoms with van der Waals surface area (Å²) in [7, 11) is 4.47. The highest BCUT2D eigenvalue weighted by Crippen LogP contribution is 2.34. The Morgan fingerprint density at radius 1 is 1.14 bits per heavy atom. The van der Waals surface area contributed by atoms with E-state index in [1.165, 1.54) is 61.0 Å². The summed E-state index contributed by atoms with van der Waals surface area (Å²) in [4.78, 5) is 6.77. The standard InChI is InChI=1S/C18H24N2S/c1-20(2)12-7-13-21-18-14-8-3-5-10-16(14)19-17-11-6-4-9-15(17)18/h3,5,8,10H,4,6-7,9,11-13H2,1-2H3/p+2. The van der Waals surface area contributed by atoms with Gasteiger partial charge >= 0.3 is 0 Å². The molecule has 0 bridgehead atoms. The Morgan fingerprint density at radius 2 is 1.95 bits per heavy atom. The molecule has 112 valence electrons. The predicted octanol–water partition coefficient (Wildman–Crippen LogP) is 2.16. The van der Waals surface area contributed by atoms with Gasteiger partial charge in [-0.15, -0.1) is 11.8 Å². The monoisotopic (exact) mass is 302 g/mol. The molecular weight excluding hydrogens is 276 g/mol. The van der Waals surface area contributed by atoms with Gasteiger partial charge in [0.2, 0.25) is 5.52 Å². The molecule has 0 atom stereocenters. The molecule has 21 heavy (non-hydrogen) atoms. The average Bonchev–Trinajstić information content (AvgIpc) is 2.50. The number of aromatic amines is 1. The van der Waals surface area contributed by atoms with Gasteiger partial charge in [-0.05, 0) is 25.3 Å². The summed E-state index contributed by atoms with van der Waals surface area (Å²) in [6, 6.07) is 8.80. The number of aromatic nitrogens is 1. The Kier molecular flexibility index (Phi) is 4.81. The Labute approximate surface area is 131 Å². The van der Waals surface area contributed by atoms with Crippen molar-refractivity contribution in [1.82, 2.24) is 0 Å². The van der Waals surface area contributed by atoms with E-state index in [0.717, 1.165) is 0 Å². The summed E-state index contributed by atoms with van der Waals surface area (Å²) in [5.41, 5.74) is 4.39. The zero-order valence-corrected chi connectivity index (χ0v) is 14.0. The molecule has 0 saturated carbocycles. The summed E-state index contributed by atoms with van der Waals surface area (Å²) in [6.45, 7) is 1.26. The minimum Gasteiger partial charge on any atom is -0.340 e. The maximum Gasteiger partial charge on any atom is 0.212 e. The lowest BCUT2D eigenvalue weighted by atomic mass is 9.94. The second-order valence-corrected chi connectivity index (χ2v) is 7.43. The fraction of sp³-hybridized carbons (Fsp3) is 0.500. The zero-order valence-electron chi connectivity index (χ0n) is 13.2.